The van der Waals surface area contributed by atoms with Crippen molar-refractivity contribution in [3.8, 4) is 17.1 Å². The fourth-order valence-electron chi connectivity index (χ4n) is 3.33. The summed E-state index contributed by atoms with van der Waals surface area (Å²) in [6, 6.07) is 15.6. The molecule has 0 aliphatic rings. The summed E-state index contributed by atoms with van der Waals surface area (Å²) in [6.07, 6.45) is 3.83. The molecular weight excluding hydrogens is 382 g/mol. The lowest BCUT2D eigenvalue weighted by molar-refractivity contribution is -0.145. The minimum Gasteiger partial charge on any atom is -0.493 e. The normalized spacial score (nSPS) is 11.0. The van der Waals surface area contributed by atoms with Crippen LogP contribution in [-0.4, -0.2) is 27.7 Å². The molecule has 0 saturated heterocycles. The molecule has 0 bridgehead atoms. The Kier molecular flexibility index (Phi) is 6.08. The Balaban J connectivity index is 1.27. The van der Waals surface area contributed by atoms with Crippen molar-refractivity contribution in [2.75, 3.05) is 6.61 Å². The van der Waals surface area contributed by atoms with Gasteiger partial charge in [0.2, 0.25) is 5.82 Å². The standard InChI is InChI=1S/C23H23N3O4/c1-2-28-20-12-6-4-10-18(20)23-25-21(30-26-23)15-29-22(27)13-7-8-16-14-24-19-11-5-3-9-17(16)19/h3-6,9-12,14,24H,2,7-8,13,15H2,1H3. The highest BCUT2D eigenvalue weighted by Gasteiger charge is 2.14. The van der Waals surface area contributed by atoms with Gasteiger partial charge in [-0.2, -0.15) is 4.98 Å². The van der Waals surface area contributed by atoms with E-state index in [0.29, 0.717) is 31.0 Å². The second kappa shape index (κ2) is 9.26. The van der Waals surface area contributed by atoms with Crippen molar-refractivity contribution in [1.82, 2.24) is 15.1 Å². The van der Waals surface area contributed by atoms with E-state index in [1.807, 2.05) is 55.6 Å². The topological polar surface area (TPSA) is 90.2 Å². The maximum atomic E-state index is 12.1. The summed E-state index contributed by atoms with van der Waals surface area (Å²) in [5.41, 5.74) is 3.04. The second-order valence-corrected chi connectivity index (χ2v) is 6.81. The molecule has 0 fully saturated rings. The van der Waals surface area contributed by atoms with Gasteiger partial charge in [-0.15, -0.1) is 0 Å². The predicted octanol–water partition coefficient (Wildman–Crippen LogP) is 4.68. The molecule has 2 aromatic carbocycles. The van der Waals surface area contributed by atoms with E-state index in [9.17, 15) is 4.79 Å². The van der Waals surface area contributed by atoms with Gasteiger partial charge in [-0.3, -0.25) is 4.79 Å². The molecule has 2 aromatic heterocycles. The number of fused-ring (bicyclic) bond motifs is 1. The number of ether oxygens (including phenoxy) is 2. The maximum Gasteiger partial charge on any atom is 0.306 e. The van der Waals surface area contributed by atoms with Crippen molar-refractivity contribution in [3.63, 3.8) is 0 Å². The Bertz CT molecular complexity index is 1130. The molecule has 0 saturated carbocycles. The van der Waals surface area contributed by atoms with Gasteiger partial charge in [0.1, 0.15) is 5.75 Å². The summed E-state index contributed by atoms with van der Waals surface area (Å²) in [5, 5.41) is 5.16. The first-order chi connectivity index (χ1) is 14.7. The molecule has 30 heavy (non-hydrogen) atoms. The number of carbonyl (C=O) groups is 1. The van der Waals surface area contributed by atoms with Crippen LogP contribution in [0.5, 0.6) is 5.75 Å². The lowest BCUT2D eigenvalue weighted by Crippen LogP contribution is -2.05. The van der Waals surface area contributed by atoms with E-state index < -0.39 is 0 Å². The number of carbonyl (C=O) groups excluding carboxylic acids is 1. The number of rotatable bonds is 9. The highest BCUT2D eigenvalue weighted by atomic mass is 16.6. The molecule has 0 unspecified atom stereocenters. The zero-order chi connectivity index (χ0) is 20.8. The van der Waals surface area contributed by atoms with Crippen LogP contribution in [0.1, 0.15) is 31.2 Å². The monoisotopic (exact) mass is 405 g/mol. The van der Waals surface area contributed by atoms with Crippen molar-refractivity contribution < 1.29 is 18.8 Å². The fraction of sp³-hybridized carbons (Fsp3) is 0.261. The Hall–Kier alpha value is -3.61. The number of para-hydroxylation sites is 2. The van der Waals surface area contributed by atoms with Crippen LogP contribution in [0, 0.1) is 0 Å². The number of aromatic nitrogens is 3. The number of benzene rings is 2. The largest absolute Gasteiger partial charge is 0.493 e. The smallest absolute Gasteiger partial charge is 0.306 e. The van der Waals surface area contributed by atoms with Crippen molar-refractivity contribution in [2.24, 2.45) is 0 Å². The van der Waals surface area contributed by atoms with Crippen LogP contribution in [0.15, 0.2) is 59.3 Å². The average molecular weight is 405 g/mol. The summed E-state index contributed by atoms with van der Waals surface area (Å²) < 4.78 is 16.1. The molecule has 7 heteroatoms. The van der Waals surface area contributed by atoms with Crippen molar-refractivity contribution in [2.45, 2.75) is 32.8 Å². The number of hydrogen-bond donors (Lipinski definition) is 1. The van der Waals surface area contributed by atoms with Crippen molar-refractivity contribution in [1.29, 1.82) is 0 Å². The number of H-pyrrole nitrogens is 1. The van der Waals surface area contributed by atoms with Gasteiger partial charge in [-0.1, -0.05) is 35.5 Å². The highest BCUT2D eigenvalue weighted by Crippen LogP contribution is 2.27. The van der Waals surface area contributed by atoms with E-state index in [1.54, 1.807) is 0 Å². The van der Waals surface area contributed by atoms with E-state index in [0.717, 1.165) is 17.5 Å². The van der Waals surface area contributed by atoms with Crippen LogP contribution < -0.4 is 4.74 Å². The molecule has 4 aromatic rings. The van der Waals surface area contributed by atoms with E-state index in [1.165, 1.54) is 10.9 Å². The first-order valence-corrected chi connectivity index (χ1v) is 10.00. The third kappa shape index (κ3) is 4.51. The van der Waals surface area contributed by atoms with Crippen molar-refractivity contribution in [3.05, 3.63) is 66.2 Å². The lowest BCUT2D eigenvalue weighted by atomic mass is 10.1. The SMILES string of the molecule is CCOc1ccccc1-c1noc(COC(=O)CCCc2c[nH]c3ccccc23)n1. The van der Waals surface area contributed by atoms with Gasteiger partial charge in [0.05, 0.1) is 12.2 Å². The number of hydrogen-bond acceptors (Lipinski definition) is 6. The molecule has 4 rings (SSSR count). The van der Waals surface area contributed by atoms with Crippen LogP contribution in [-0.2, 0) is 22.6 Å². The fourth-order valence-corrected chi connectivity index (χ4v) is 3.33. The lowest BCUT2D eigenvalue weighted by Gasteiger charge is -2.06. The van der Waals surface area contributed by atoms with Gasteiger partial charge in [0.25, 0.3) is 5.89 Å². The molecule has 0 atom stereocenters. The zero-order valence-electron chi connectivity index (χ0n) is 16.8. The quantitative estimate of drug-likeness (QED) is 0.407. The van der Waals surface area contributed by atoms with Gasteiger partial charge < -0.3 is 19.0 Å². The van der Waals surface area contributed by atoms with Gasteiger partial charge in [0, 0.05) is 23.5 Å². The van der Waals surface area contributed by atoms with Crippen LogP contribution in [0.2, 0.25) is 0 Å². The summed E-state index contributed by atoms with van der Waals surface area (Å²) >= 11 is 0. The van der Waals surface area contributed by atoms with E-state index >= 15 is 0 Å². The minimum atomic E-state index is -0.288. The van der Waals surface area contributed by atoms with Gasteiger partial charge in [0.15, 0.2) is 6.61 Å². The Morgan fingerprint density at radius 1 is 1.13 bits per heavy atom. The zero-order valence-corrected chi connectivity index (χ0v) is 16.8. The molecule has 0 spiro atoms. The Morgan fingerprint density at radius 2 is 1.97 bits per heavy atom. The predicted molar refractivity (Wildman–Crippen MR) is 112 cm³/mol. The number of aryl methyl sites for hydroxylation is 1. The molecule has 0 aliphatic carbocycles. The first kappa shape index (κ1) is 19.7. The van der Waals surface area contributed by atoms with Crippen LogP contribution in [0.4, 0.5) is 0 Å². The van der Waals surface area contributed by atoms with Gasteiger partial charge >= 0.3 is 5.97 Å². The first-order valence-electron chi connectivity index (χ1n) is 10.00. The highest BCUT2D eigenvalue weighted by molar-refractivity contribution is 5.83. The van der Waals surface area contributed by atoms with Crippen molar-refractivity contribution >= 4 is 16.9 Å². The van der Waals surface area contributed by atoms with Crippen LogP contribution >= 0.6 is 0 Å². The molecule has 2 heterocycles. The number of nitrogens with zero attached hydrogens (tertiary/aromatic N) is 2. The number of esters is 1. The summed E-state index contributed by atoms with van der Waals surface area (Å²) in [6.45, 7) is 2.41. The molecule has 154 valence electrons. The molecule has 7 nitrogen and oxygen atoms in total. The third-order valence-electron chi connectivity index (χ3n) is 4.75. The summed E-state index contributed by atoms with van der Waals surface area (Å²) in [5.74, 6) is 1.05. The number of nitrogens with one attached hydrogen (secondary N) is 1. The average Bonchev–Trinajstić information content (AvgIpc) is 3.40. The van der Waals surface area contributed by atoms with Crippen LogP contribution in [0.3, 0.4) is 0 Å². The second-order valence-electron chi connectivity index (χ2n) is 6.81. The van der Waals surface area contributed by atoms with Crippen LogP contribution in [0.25, 0.3) is 22.3 Å². The third-order valence-corrected chi connectivity index (χ3v) is 4.75. The summed E-state index contributed by atoms with van der Waals surface area (Å²) in [7, 11) is 0. The Labute approximate surface area is 174 Å². The molecule has 0 amide bonds. The summed E-state index contributed by atoms with van der Waals surface area (Å²) in [4.78, 5) is 19.6. The minimum absolute atomic E-state index is 0.0459. The number of aromatic amines is 1. The van der Waals surface area contributed by atoms with E-state index in [-0.39, 0.29) is 18.5 Å². The molecule has 0 aliphatic heterocycles. The maximum absolute atomic E-state index is 12.1. The van der Waals surface area contributed by atoms with E-state index in [2.05, 4.69) is 21.2 Å². The van der Waals surface area contributed by atoms with Gasteiger partial charge in [-0.25, -0.2) is 0 Å². The molecule has 1 N–H and O–H groups in total. The Morgan fingerprint density at radius 3 is 2.87 bits per heavy atom. The van der Waals surface area contributed by atoms with Gasteiger partial charge in [-0.05, 0) is 43.5 Å². The molecule has 0 radical (unpaired) electrons. The molecular formula is C23H23N3O4. The van der Waals surface area contributed by atoms with E-state index in [4.69, 9.17) is 14.0 Å².